The molecular weight excluding hydrogens is 464 g/mol. The number of carbonyl (C=O) groups is 2. The van der Waals surface area contributed by atoms with Crippen LogP contribution in [0.2, 0.25) is 0 Å². The Bertz CT molecular complexity index is 943. The second-order valence-electron chi connectivity index (χ2n) is 8.33. The first-order valence-corrected chi connectivity index (χ1v) is 11.1. The zero-order valence-electron chi connectivity index (χ0n) is 19.1. The first kappa shape index (κ1) is 26.8. The highest BCUT2D eigenvalue weighted by atomic mass is 16.7. The number of aliphatic hydroxyl groups excluding tert-OH is 4. The van der Waals surface area contributed by atoms with Gasteiger partial charge in [0.2, 0.25) is 0 Å². The molecule has 0 unspecified atom stereocenters. The van der Waals surface area contributed by atoms with Gasteiger partial charge in [-0.15, -0.1) is 0 Å². The summed E-state index contributed by atoms with van der Waals surface area (Å²) in [5, 5.41) is 50.3. The van der Waals surface area contributed by atoms with Crippen LogP contribution in [0.5, 0.6) is 11.5 Å². The second kappa shape index (κ2) is 12.2. The molecular formula is C24H30O11. The van der Waals surface area contributed by atoms with Gasteiger partial charge in [0.15, 0.2) is 23.6 Å². The van der Waals surface area contributed by atoms with Crippen molar-refractivity contribution in [1.82, 2.24) is 0 Å². The summed E-state index contributed by atoms with van der Waals surface area (Å²) in [6.07, 6.45) is -2.06. The molecule has 0 saturated carbocycles. The van der Waals surface area contributed by atoms with Crippen LogP contribution in [0.15, 0.2) is 36.4 Å². The molecule has 7 atom stereocenters. The predicted molar refractivity (Wildman–Crippen MR) is 120 cm³/mol. The number of ketones is 1. The predicted octanol–water partition coefficient (Wildman–Crippen LogP) is -0.322. The fourth-order valence-electron chi connectivity index (χ4n) is 3.75. The van der Waals surface area contributed by atoms with Gasteiger partial charge in [-0.2, -0.15) is 0 Å². The maximum Gasteiger partial charge on any atom is 0.330 e. The number of aliphatic hydroxyl groups is 4. The molecule has 192 valence electrons. The van der Waals surface area contributed by atoms with Crippen LogP contribution in [0.1, 0.15) is 18.4 Å². The van der Waals surface area contributed by atoms with E-state index in [1.54, 1.807) is 12.1 Å². The number of rotatable bonds is 10. The molecule has 1 saturated heterocycles. The van der Waals surface area contributed by atoms with Crippen LogP contribution in [-0.4, -0.2) is 94.4 Å². The van der Waals surface area contributed by atoms with E-state index in [0.29, 0.717) is 5.56 Å². The van der Waals surface area contributed by atoms with E-state index in [1.807, 2.05) is 0 Å². The Morgan fingerprint density at radius 2 is 2.00 bits per heavy atom. The van der Waals surface area contributed by atoms with Crippen LogP contribution in [0, 0.1) is 5.92 Å². The molecule has 0 spiro atoms. The monoisotopic (exact) mass is 494 g/mol. The summed E-state index contributed by atoms with van der Waals surface area (Å²) in [6.45, 7) is -0.472. The Morgan fingerprint density at radius 3 is 2.69 bits per heavy atom. The number of phenolic OH excluding ortho intramolecular Hbond substituents is 1. The van der Waals surface area contributed by atoms with Crippen LogP contribution in [0.3, 0.4) is 0 Å². The van der Waals surface area contributed by atoms with Crippen molar-refractivity contribution in [2.75, 3.05) is 20.3 Å². The summed E-state index contributed by atoms with van der Waals surface area (Å²) < 4.78 is 21.0. The van der Waals surface area contributed by atoms with E-state index < -0.39 is 49.4 Å². The summed E-state index contributed by atoms with van der Waals surface area (Å²) in [5.74, 6) is -0.938. The number of phenols is 1. The lowest BCUT2D eigenvalue weighted by Gasteiger charge is -2.40. The minimum atomic E-state index is -1.61. The molecule has 1 fully saturated rings. The Labute approximate surface area is 201 Å². The van der Waals surface area contributed by atoms with Crippen LogP contribution in [-0.2, 0) is 23.8 Å². The molecule has 5 N–H and O–H groups in total. The van der Waals surface area contributed by atoms with Crippen LogP contribution < -0.4 is 4.74 Å². The topological polar surface area (TPSA) is 172 Å². The fraction of sp³-hybridized carbons (Fsp3) is 0.500. The Balaban J connectivity index is 1.48. The van der Waals surface area contributed by atoms with Crippen molar-refractivity contribution in [3.8, 4) is 11.5 Å². The van der Waals surface area contributed by atoms with Crippen molar-refractivity contribution in [3.63, 3.8) is 0 Å². The van der Waals surface area contributed by atoms with Gasteiger partial charge in [-0.25, -0.2) is 4.79 Å². The van der Waals surface area contributed by atoms with Crippen molar-refractivity contribution in [1.29, 1.82) is 0 Å². The summed E-state index contributed by atoms with van der Waals surface area (Å²) >= 11 is 0. The van der Waals surface area contributed by atoms with Gasteiger partial charge in [-0.1, -0.05) is 12.1 Å². The highest BCUT2D eigenvalue weighted by Gasteiger charge is 2.44. The van der Waals surface area contributed by atoms with Gasteiger partial charge in [-0.3, -0.25) is 4.79 Å². The van der Waals surface area contributed by atoms with Crippen LogP contribution in [0.25, 0.3) is 6.08 Å². The Hall–Kier alpha value is -2.80. The average molecular weight is 494 g/mol. The number of esters is 1. The molecule has 1 aliphatic heterocycles. The third kappa shape index (κ3) is 7.10. The molecule has 0 amide bonds. The highest BCUT2D eigenvalue weighted by molar-refractivity contribution is 5.92. The maximum absolute atomic E-state index is 12.1. The number of hydrogen-bond donors (Lipinski definition) is 5. The van der Waals surface area contributed by atoms with E-state index in [9.17, 15) is 35.1 Å². The summed E-state index contributed by atoms with van der Waals surface area (Å²) in [5.41, 5.74) is 0.567. The van der Waals surface area contributed by atoms with Gasteiger partial charge in [0.05, 0.1) is 19.8 Å². The average Bonchev–Trinajstić information content (AvgIpc) is 3.29. The van der Waals surface area contributed by atoms with Crippen LogP contribution in [0.4, 0.5) is 0 Å². The third-order valence-corrected chi connectivity index (χ3v) is 5.83. The maximum atomic E-state index is 12.1. The molecule has 1 heterocycles. The molecule has 11 heteroatoms. The van der Waals surface area contributed by atoms with E-state index in [0.717, 1.165) is 6.08 Å². The summed E-state index contributed by atoms with van der Waals surface area (Å²) in [6, 6.07) is 4.49. The Kier molecular flexibility index (Phi) is 9.38. The van der Waals surface area contributed by atoms with Gasteiger partial charge >= 0.3 is 5.97 Å². The molecule has 2 aliphatic rings. The minimum absolute atomic E-state index is 0.0461. The van der Waals surface area contributed by atoms with Crippen molar-refractivity contribution < 1.29 is 54.1 Å². The second-order valence-corrected chi connectivity index (χ2v) is 8.33. The number of carbonyl (C=O) groups excluding carboxylic acids is 2. The first-order valence-electron chi connectivity index (χ1n) is 11.1. The zero-order chi connectivity index (χ0) is 25.5. The fourth-order valence-corrected chi connectivity index (χ4v) is 3.75. The van der Waals surface area contributed by atoms with E-state index in [-0.39, 0.29) is 42.6 Å². The zero-order valence-corrected chi connectivity index (χ0v) is 19.1. The minimum Gasteiger partial charge on any atom is -0.504 e. The number of aromatic hydroxyl groups is 1. The standard InChI is InChI=1S/C24H30O11/c1-32-18-10-13(2-6-17(18)27)3-7-20(28)34-12-19-21(29)22(30)23(31)24(35-19)33-9-8-16(26)14-4-5-15(25)11-14/h2-7,10,14,16,19,21-24,26-27,29-31H,8-9,11-12H2,1H3/b7-3-/t14-,16+,19-,21-,22+,23-,24-/m1/s1. The van der Waals surface area contributed by atoms with Crippen LogP contribution >= 0.6 is 0 Å². The molecule has 0 radical (unpaired) electrons. The SMILES string of the molecule is COc1cc(/C=C\C(=O)OC[C@H]2O[C@@H](OCC[C@H](O)[C@@H]3C=CC(=O)C3)[C@H](O)[C@@H](O)[C@@H]2O)ccc1O. The molecule has 0 bridgehead atoms. The van der Waals surface area contributed by atoms with Crippen molar-refractivity contribution in [2.45, 2.75) is 49.7 Å². The lowest BCUT2D eigenvalue weighted by atomic mass is 9.98. The molecule has 0 aromatic heterocycles. The number of methoxy groups -OCH3 is 1. The van der Waals surface area contributed by atoms with Gasteiger partial charge in [0, 0.05) is 18.4 Å². The summed E-state index contributed by atoms with van der Waals surface area (Å²) in [7, 11) is 1.39. The smallest absolute Gasteiger partial charge is 0.330 e. The number of allylic oxidation sites excluding steroid dienone is 1. The van der Waals surface area contributed by atoms with Crippen molar-refractivity contribution in [2.24, 2.45) is 5.92 Å². The summed E-state index contributed by atoms with van der Waals surface area (Å²) in [4.78, 5) is 23.4. The molecule has 1 aliphatic carbocycles. The van der Waals surface area contributed by atoms with E-state index in [2.05, 4.69) is 0 Å². The van der Waals surface area contributed by atoms with Crippen molar-refractivity contribution in [3.05, 3.63) is 42.0 Å². The molecule has 35 heavy (non-hydrogen) atoms. The quantitative estimate of drug-likeness (QED) is 0.213. The normalized spacial score (nSPS) is 29.5. The first-order chi connectivity index (χ1) is 16.7. The van der Waals surface area contributed by atoms with Gasteiger partial charge < -0.3 is 44.5 Å². The van der Waals surface area contributed by atoms with E-state index in [4.69, 9.17) is 18.9 Å². The number of benzene rings is 1. The molecule has 1 aromatic carbocycles. The molecule has 1 aromatic rings. The lowest BCUT2D eigenvalue weighted by Crippen LogP contribution is -2.59. The Morgan fingerprint density at radius 1 is 1.23 bits per heavy atom. The van der Waals surface area contributed by atoms with E-state index in [1.165, 1.54) is 31.4 Å². The number of hydrogen-bond acceptors (Lipinski definition) is 11. The van der Waals surface area contributed by atoms with Crippen molar-refractivity contribution >= 4 is 17.8 Å². The van der Waals surface area contributed by atoms with Gasteiger partial charge in [0.25, 0.3) is 0 Å². The lowest BCUT2D eigenvalue weighted by molar-refractivity contribution is -0.302. The largest absolute Gasteiger partial charge is 0.504 e. The third-order valence-electron chi connectivity index (χ3n) is 5.83. The molecule has 11 nitrogen and oxygen atoms in total. The van der Waals surface area contributed by atoms with E-state index >= 15 is 0 Å². The van der Waals surface area contributed by atoms with Gasteiger partial charge in [-0.05, 0) is 36.3 Å². The number of ether oxygens (including phenoxy) is 4. The molecule has 3 rings (SSSR count). The van der Waals surface area contributed by atoms with Gasteiger partial charge in [0.1, 0.15) is 31.0 Å². The highest BCUT2D eigenvalue weighted by Crippen LogP contribution is 2.27.